The van der Waals surface area contributed by atoms with E-state index in [0.717, 1.165) is 27.3 Å². The maximum absolute atomic E-state index is 5.65. The van der Waals surface area contributed by atoms with Crippen LogP contribution in [0.4, 0.5) is 0 Å². The van der Waals surface area contributed by atoms with Crippen LogP contribution in [0.5, 0.6) is 0 Å². The van der Waals surface area contributed by atoms with E-state index in [1.807, 2.05) is 13.8 Å². The first-order chi connectivity index (χ1) is 9.49. The first-order valence-corrected chi connectivity index (χ1v) is 7.16. The van der Waals surface area contributed by atoms with Crippen molar-refractivity contribution in [1.29, 1.82) is 0 Å². The number of benzene rings is 1. The quantitative estimate of drug-likeness (QED) is 0.685. The molecule has 2 heterocycles. The molecular weight excluding hydrogens is 268 g/mol. The van der Waals surface area contributed by atoms with Crippen molar-refractivity contribution in [1.82, 2.24) is 9.55 Å². The Morgan fingerprint density at radius 1 is 1.25 bits per heavy atom. The molecule has 1 aromatic carbocycles. The lowest BCUT2D eigenvalue weighted by molar-refractivity contribution is 0.495. The standard InChI is InChI=1S/C16H18N2OS/c1-9-6-5-7-14-15(9)17-16(20)18(14)11(3)13-8-10(2)19-12(13)4/h5-8,11H,1-4H3,(H,17,20). The fraction of sp³-hybridized carbons (Fsp3) is 0.312. The highest BCUT2D eigenvalue weighted by molar-refractivity contribution is 7.71. The maximum atomic E-state index is 5.65. The number of hydrogen-bond acceptors (Lipinski definition) is 2. The second-order valence-electron chi connectivity index (χ2n) is 5.31. The lowest BCUT2D eigenvalue weighted by Gasteiger charge is -2.14. The average Bonchev–Trinajstić information content (AvgIpc) is 2.89. The minimum Gasteiger partial charge on any atom is -0.466 e. The summed E-state index contributed by atoms with van der Waals surface area (Å²) in [5, 5.41) is 0. The number of fused-ring (bicyclic) bond motifs is 1. The van der Waals surface area contributed by atoms with Crippen LogP contribution in [-0.4, -0.2) is 9.55 Å². The van der Waals surface area contributed by atoms with Gasteiger partial charge in [-0.3, -0.25) is 0 Å². The molecule has 0 aliphatic carbocycles. The van der Waals surface area contributed by atoms with Gasteiger partial charge in [-0.15, -0.1) is 0 Å². The van der Waals surface area contributed by atoms with Gasteiger partial charge in [0.15, 0.2) is 4.77 Å². The Hall–Kier alpha value is -1.81. The van der Waals surface area contributed by atoms with Gasteiger partial charge in [0.25, 0.3) is 0 Å². The second-order valence-corrected chi connectivity index (χ2v) is 5.70. The molecule has 1 unspecified atom stereocenters. The highest BCUT2D eigenvalue weighted by Crippen LogP contribution is 2.29. The highest BCUT2D eigenvalue weighted by atomic mass is 32.1. The molecule has 3 rings (SSSR count). The maximum Gasteiger partial charge on any atom is 0.178 e. The highest BCUT2D eigenvalue weighted by Gasteiger charge is 2.18. The Morgan fingerprint density at radius 3 is 2.65 bits per heavy atom. The predicted octanol–water partition coefficient (Wildman–Crippen LogP) is 4.83. The summed E-state index contributed by atoms with van der Waals surface area (Å²) in [7, 11) is 0. The molecule has 0 aliphatic heterocycles. The van der Waals surface area contributed by atoms with Gasteiger partial charge in [-0.25, -0.2) is 0 Å². The Kier molecular flexibility index (Phi) is 3.05. The van der Waals surface area contributed by atoms with Crippen molar-refractivity contribution in [3.05, 3.63) is 51.7 Å². The van der Waals surface area contributed by atoms with Gasteiger partial charge in [-0.2, -0.15) is 0 Å². The van der Waals surface area contributed by atoms with Crippen LogP contribution in [0.2, 0.25) is 0 Å². The smallest absolute Gasteiger partial charge is 0.178 e. The van der Waals surface area contributed by atoms with E-state index in [0.29, 0.717) is 0 Å². The minimum absolute atomic E-state index is 0.149. The molecular formula is C16H18N2OS. The molecule has 0 aliphatic rings. The lowest BCUT2D eigenvalue weighted by atomic mass is 10.1. The van der Waals surface area contributed by atoms with Gasteiger partial charge in [-0.05, 0) is 57.6 Å². The molecule has 1 atom stereocenters. The molecule has 0 amide bonds. The lowest BCUT2D eigenvalue weighted by Crippen LogP contribution is -2.07. The number of aromatic nitrogens is 2. The number of aromatic amines is 1. The van der Waals surface area contributed by atoms with Gasteiger partial charge in [0.1, 0.15) is 11.5 Å². The fourth-order valence-corrected chi connectivity index (χ4v) is 3.24. The zero-order valence-electron chi connectivity index (χ0n) is 12.2. The zero-order valence-corrected chi connectivity index (χ0v) is 13.0. The van der Waals surface area contributed by atoms with Crippen LogP contribution in [0.15, 0.2) is 28.7 Å². The number of H-pyrrole nitrogens is 1. The van der Waals surface area contributed by atoms with Gasteiger partial charge in [0.05, 0.1) is 17.1 Å². The third-order valence-electron chi connectivity index (χ3n) is 3.88. The van der Waals surface area contributed by atoms with Crippen molar-refractivity contribution in [2.75, 3.05) is 0 Å². The summed E-state index contributed by atoms with van der Waals surface area (Å²) in [5.74, 6) is 1.89. The van der Waals surface area contributed by atoms with E-state index in [1.165, 1.54) is 11.1 Å². The number of para-hydroxylation sites is 1. The van der Waals surface area contributed by atoms with Gasteiger partial charge < -0.3 is 14.0 Å². The number of rotatable bonds is 2. The van der Waals surface area contributed by atoms with Crippen LogP contribution in [0, 0.1) is 25.5 Å². The van der Waals surface area contributed by atoms with Gasteiger partial charge in [-0.1, -0.05) is 12.1 Å². The number of furan rings is 1. The summed E-state index contributed by atoms with van der Waals surface area (Å²) in [6.07, 6.45) is 0. The van der Waals surface area contributed by atoms with Crippen molar-refractivity contribution < 1.29 is 4.42 Å². The van der Waals surface area contributed by atoms with E-state index in [-0.39, 0.29) is 6.04 Å². The summed E-state index contributed by atoms with van der Waals surface area (Å²) < 4.78 is 8.56. The molecule has 1 N–H and O–H groups in total. The van der Waals surface area contributed by atoms with Crippen LogP contribution >= 0.6 is 12.2 Å². The second kappa shape index (κ2) is 4.63. The molecule has 4 heteroatoms. The van der Waals surface area contributed by atoms with E-state index in [2.05, 4.69) is 47.7 Å². The van der Waals surface area contributed by atoms with E-state index >= 15 is 0 Å². The summed E-state index contributed by atoms with van der Waals surface area (Å²) >= 11 is 5.52. The Balaban J connectivity index is 2.24. The predicted molar refractivity (Wildman–Crippen MR) is 83.9 cm³/mol. The normalized spacial score (nSPS) is 13.0. The molecule has 0 spiro atoms. The summed E-state index contributed by atoms with van der Waals surface area (Å²) in [4.78, 5) is 3.32. The third-order valence-corrected chi connectivity index (χ3v) is 4.18. The van der Waals surface area contributed by atoms with Crippen LogP contribution in [0.25, 0.3) is 11.0 Å². The van der Waals surface area contributed by atoms with E-state index in [9.17, 15) is 0 Å². The third kappa shape index (κ3) is 1.91. The van der Waals surface area contributed by atoms with Crippen molar-refractivity contribution in [3.63, 3.8) is 0 Å². The molecule has 0 saturated carbocycles. The molecule has 0 fully saturated rings. The number of nitrogens with zero attached hydrogens (tertiary/aromatic N) is 1. The number of nitrogens with one attached hydrogen (secondary N) is 1. The van der Waals surface area contributed by atoms with Crippen LogP contribution in [-0.2, 0) is 0 Å². The summed E-state index contributed by atoms with van der Waals surface area (Å²) in [6.45, 7) is 8.23. The van der Waals surface area contributed by atoms with Gasteiger partial charge in [0.2, 0.25) is 0 Å². The molecule has 0 bridgehead atoms. The van der Waals surface area contributed by atoms with Gasteiger partial charge >= 0.3 is 0 Å². The van der Waals surface area contributed by atoms with Crippen molar-refractivity contribution in [2.24, 2.45) is 0 Å². The monoisotopic (exact) mass is 286 g/mol. The fourth-order valence-electron chi connectivity index (χ4n) is 2.88. The molecule has 20 heavy (non-hydrogen) atoms. The van der Waals surface area contributed by atoms with Crippen molar-refractivity contribution in [2.45, 2.75) is 33.7 Å². The van der Waals surface area contributed by atoms with Crippen LogP contribution in [0.1, 0.15) is 35.6 Å². The zero-order chi connectivity index (χ0) is 14.4. The molecule has 0 radical (unpaired) electrons. The first kappa shape index (κ1) is 13.2. The molecule has 0 saturated heterocycles. The first-order valence-electron chi connectivity index (χ1n) is 6.76. The largest absolute Gasteiger partial charge is 0.466 e. The van der Waals surface area contributed by atoms with E-state index in [1.54, 1.807) is 0 Å². The van der Waals surface area contributed by atoms with Crippen LogP contribution < -0.4 is 0 Å². The summed E-state index contributed by atoms with van der Waals surface area (Å²) in [5.41, 5.74) is 4.64. The average molecular weight is 286 g/mol. The van der Waals surface area contributed by atoms with E-state index in [4.69, 9.17) is 16.6 Å². The van der Waals surface area contributed by atoms with Crippen molar-refractivity contribution in [3.8, 4) is 0 Å². The molecule has 2 aromatic heterocycles. The minimum atomic E-state index is 0.149. The number of imidazole rings is 1. The summed E-state index contributed by atoms with van der Waals surface area (Å²) in [6, 6.07) is 8.51. The topological polar surface area (TPSA) is 33.9 Å². The molecule has 3 nitrogen and oxygen atoms in total. The SMILES string of the molecule is Cc1cc(C(C)n2c(=S)[nH]c3c(C)cccc32)c(C)o1. The Morgan fingerprint density at radius 2 is 2.00 bits per heavy atom. The Bertz CT molecular complexity index is 838. The van der Waals surface area contributed by atoms with E-state index < -0.39 is 0 Å². The molecule has 3 aromatic rings. The van der Waals surface area contributed by atoms with Crippen LogP contribution in [0.3, 0.4) is 0 Å². The number of aryl methyl sites for hydroxylation is 3. The van der Waals surface area contributed by atoms with Crippen molar-refractivity contribution >= 4 is 23.3 Å². The number of hydrogen-bond donors (Lipinski definition) is 1. The molecule has 104 valence electrons. The Labute approximate surface area is 123 Å². The van der Waals surface area contributed by atoms with Gasteiger partial charge in [0, 0.05) is 5.56 Å².